The lowest BCUT2D eigenvalue weighted by atomic mass is 10.2. The molecule has 9 heteroatoms. The largest absolute Gasteiger partial charge is 0.461 e. The fraction of sp³-hybridized carbons (Fsp3) is 0.0909. The lowest BCUT2D eigenvalue weighted by Gasteiger charge is -2.08. The van der Waals surface area contributed by atoms with E-state index in [1.807, 2.05) is 47.0 Å². The number of thioether (sulfide) groups is 1. The standard InChI is InChI=1S/C22H16ClN5O2S/c23-17-10-8-16(9-11-17)21-24-19(27-30-21)14-31-22-26-25-20(18-7-4-12-29-18)28(22)13-15-5-2-1-3-6-15/h1-12H,13-14H2. The van der Waals surface area contributed by atoms with Gasteiger partial charge in [-0.25, -0.2) is 0 Å². The number of furan rings is 1. The van der Waals surface area contributed by atoms with Crippen LogP contribution in [0.25, 0.3) is 23.0 Å². The van der Waals surface area contributed by atoms with E-state index >= 15 is 0 Å². The monoisotopic (exact) mass is 449 g/mol. The van der Waals surface area contributed by atoms with Crippen LogP contribution in [0, 0.1) is 0 Å². The third kappa shape index (κ3) is 4.40. The third-order valence-corrected chi connectivity index (χ3v) is 5.75. The molecule has 3 aromatic heterocycles. The molecule has 0 saturated heterocycles. The van der Waals surface area contributed by atoms with Gasteiger partial charge in [0.25, 0.3) is 5.89 Å². The fourth-order valence-electron chi connectivity index (χ4n) is 3.04. The minimum atomic E-state index is 0.453. The minimum Gasteiger partial charge on any atom is -0.461 e. The highest BCUT2D eigenvalue weighted by Crippen LogP contribution is 2.28. The van der Waals surface area contributed by atoms with Gasteiger partial charge in [0.05, 0.1) is 18.6 Å². The van der Waals surface area contributed by atoms with Gasteiger partial charge in [-0.05, 0) is 42.0 Å². The Morgan fingerprint density at radius 3 is 2.55 bits per heavy atom. The first-order valence-corrected chi connectivity index (χ1v) is 10.8. The Morgan fingerprint density at radius 2 is 1.77 bits per heavy atom. The SMILES string of the molecule is Clc1ccc(-c2nc(CSc3nnc(-c4ccco4)n3Cc3ccccc3)no2)cc1. The number of halogens is 1. The molecule has 0 spiro atoms. The Kier molecular flexibility index (Phi) is 5.56. The number of rotatable bonds is 7. The molecule has 3 heterocycles. The van der Waals surface area contributed by atoms with Gasteiger partial charge in [-0.3, -0.25) is 4.57 Å². The van der Waals surface area contributed by atoms with Gasteiger partial charge in [-0.2, -0.15) is 4.98 Å². The van der Waals surface area contributed by atoms with E-state index in [1.54, 1.807) is 18.4 Å². The lowest BCUT2D eigenvalue weighted by Crippen LogP contribution is -2.04. The van der Waals surface area contributed by atoms with Crippen molar-refractivity contribution in [2.24, 2.45) is 0 Å². The number of hydrogen-bond acceptors (Lipinski definition) is 7. The van der Waals surface area contributed by atoms with E-state index in [2.05, 4.69) is 32.5 Å². The highest BCUT2D eigenvalue weighted by atomic mass is 35.5. The smallest absolute Gasteiger partial charge is 0.257 e. The highest BCUT2D eigenvalue weighted by Gasteiger charge is 2.18. The van der Waals surface area contributed by atoms with Crippen LogP contribution < -0.4 is 0 Å². The molecule has 0 saturated carbocycles. The molecule has 0 aliphatic heterocycles. The number of aromatic nitrogens is 5. The Hall–Kier alpha value is -3.36. The van der Waals surface area contributed by atoms with Crippen molar-refractivity contribution in [3.8, 4) is 23.0 Å². The normalized spacial score (nSPS) is 11.1. The van der Waals surface area contributed by atoms with Crippen molar-refractivity contribution in [1.29, 1.82) is 0 Å². The first-order valence-electron chi connectivity index (χ1n) is 9.48. The molecule has 5 aromatic rings. The minimum absolute atomic E-state index is 0.453. The molecule has 0 N–H and O–H groups in total. The van der Waals surface area contributed by atoms with Crippen LogP contribution in [0.5, 0.6) is 0 Å². The van der Waals surface area contributed by atoms with Gasteiger partial charge < -0.3 is 8.94 Å². The Labute approximate surface area is 187 Å². The Bertz CT molecular complexity index is 1270. The van der Waals surface area contributed by atoms with Crippen LogP contribution in [0.4, 0.5) is 0 Å². The van der Waals surface area contributed by atoms with Crippen molar-refractivity contribution in [3.63, 3.8) is 0 Å². The van der Waals surface area contributed by atoms with Crippen LogP contribution in [0.3, 0.4) is 0 Å². The summed E-state index contributed by atoms with van der Waals surface area (Å²) >= 11 is 7.43. The van der Waals surface area contributed by atoms with E-state index in [4.69, 9.17) is 20.5 Å². The van der Waals surface area contributed by atoms with E-state index < -0.39 is 0 Å². The van der Waals surface area contributed by atoms with E-state index in [1.165, 1.54) is 11.8 Å². The van der Waals surface area contributed by atoms with Crippen LogP contribution in [0.15, 0.2) is 87.1 Å². The van der Waals surface area contributed by atoms with Crippen molar-refractivity contribution >= 4 is 23.4 Å². The molecule has 0 amide bonds. The van der Waals surface area contributed by atoms with Gasteiger partial charge in [0, 0.05) is 10.6 Å². The first-order chi connectivity index (χ1) is 15.3. The molecule has 0 fully saturated rings. The summed E-state index contributed by atoms with van der Waals surface area (Å²) in [6.07, 6.45) is 1.63. The second-order valence-corrected chi connectivity index (χ2v) is 8.05. The predicted octanol–water partition coefficient (Wildman–Crippen LogP) is 5.58. The third-order valence-electron chi connectivity index (χ3n) is 4.53. The second kappa shape index (κ2) is 8.79. The summed E-state index contributed by atoms with van der Waals surface area (Å²) in [6, 6.07) is 21.1. The van der Waals surface area contributed by atoms with E-state index in [0.29, 0.717) is 40.6 Å². The van der Waals surface area contributed by atoms with Crippen LogP contribution in [0.1, 0.15) is 11.4 Å². The molecule has 0 aliphatic carbocycles. The fourth-order valence-corrected chi connectivity index (χ4v) is 3.95. The van der Waals surface area contributed by atoms with Crippen molar-refractivity contribution < 1.29 is 8.94 Å². The highest BCUT2D eigenvalue weighted by molar-refractivity contribution is 7.98. The molecule has 2 aromatic carbocycles. The molecule has 31 heavy (non-hydrogen) atoms. The van der Waals surface area contributed by atoms with Crippen molar-refractivity contribution in [2.45, 2.75) is 17.5 Å². The number of hydrogen-bond donors (Lipinski definition) is 0. The summed E-state index contributed by atoms with van der Waals surface area (Å²) in [5.74, 6) is 2.85. The predicted molar refractivity (Wildman–Crippen MR) is 118 cm³/mol. The van der Waals surface area contributed by atoms with Crippen molar-refractivity contribution in [2.75, 3.05) is 0 Å². The van der Waals surface area contributed by atoms with Crippen LogP contribution in [0.2, 0.25) is 5.02 Å². The number of nitrogens with zero attached hydrogens (tertiary/aromatic N) is 5. The average Bonchev–Trinajstić information content (AvgIpc) is 3.55. The molecule has 0 bridgehead atoms. The Balaban J connectivity index is 1.37. The molecule has 0 radical (unpaired) electrons. The maximum absolute atomic E-state index is 5.94. The van der Waals surface area contributed by atoms with Gasteiger partial charge in [-0.1, -0.05) is 58.9 Å². The second-order valence-electron chi connectivity index (χ2n) is 6.67. The van der Waals surface area contributed by atoms with Gasteiger partial charge in [0.2, 0.25) is 5.82 Å². The molecular formula is C22H16ClN5O2S. The lowest BCUT2D eigenvalue weighted by molar-refractivity contribution is 0.425. The first kappa shape index (κ1) is 19.6. The van der Waals surface area contributed by atoms with E-state index in [-0.39, 0.29) is 0 Å². The number of benzene rings is 2. The summed E-state index contributed by atoms with van der Waals surface area (Å²) < 4.78 is 13.0. The summed E-state index contributed by atoms with van der Waals surface area (Å²) in [5, 5.41) is 14.2. The molecule has 7 nitrogen and oxygen atoms in total. The van der Waals surface area contributed by atoms with Gasteiger partial charge >= 0.3 is 0 Å². The van der Waals surface area contributed by atoms with Crippen LogP contribution in [-0.2, 0) is 12.3 Å². The average molecular weight is 450 g/mol. The van der Waals surface area contributed by atoms with Gasteiger partial charge in [-0.15, -0.1) is 10.2 Å². The van der Waals surface area contributed by atoms with E-state index in [9.17, 15) is 0 Å². The molecule has 154 valence electrons. The van der Waals surface area contributed by atoms with Gasteiger partial charge in [0.15, 0.2) is 16.7 Å². The van der Waals surface area contributed by atoms with Crippen LogP contribution in [-0.4, -0.2) is 24.9 Å². The molecule has 0 unspecified atom stereocenters. The molecule has 5 rings (SSSR count). The van der Waals surface area contributed by atoms with E-state index in [0.717, 1.165) is 16.3 Å². The van der Waals surface area contributed by atoms with Crippen molar-refractivity contribution in [3.05, 3.63) is 89.4 Å². The quantitative estimate of drug-likeness (QED) is 0.300. The summed E-state index contributed by atoms with van der Waals surface area (Å²) in [7, 11) is 0. The topological polar surface area (TPSA) is 82.8 Å². The summed E-state index contributed by atoms with van der Waals surface area (Å²) in [6.45, 7) is 0.620. The Morgan fingerprint density at radius 1 is 0.935 bits per heavy atom. The summed E-state index contributed by atoms with van der Waals surface area (Å²) in [5.41, 5.74) is 1.96. The zero-order chi connectivity index (χ0) is 21.0. The maximum Gasteiger partial charge on any atom is 0.257 e. The van der Waals surface area contributed by atoms with Gasteiger partial charge in [0.1, 0.15) is 0 Å². The zero-order valence-corrected chi connectivity index (χ0v) is 17.8. The van der Waals surface area contributed by atoms with Crippen molar-refractivity contribution in [1.82, 2.24) is 24.9 Å². The molecule has 0 aliphatic rings. The molecular weight excluding hydrogens is 434 g/mol. The zero-order valence-electron chi connectivity index (χ0n) is 16.2. The molecule has 0 atom stereocenters. The van der Waals surface area contributed by atoms with Crippen LogP contribution >= 0.6 is 23.4 Å². The maximum atomic E-state index is 5.94. The summed E-state index contributed by atoms with van der Waals surface area (Å²) in [4.78, 5) is 4.48.